The van der Waals surface area contributed by atoms with Crippen LogP contribution in [0.1, 0.15) is 17.4 Å². The van der Waals surface area contributed by atoms with Crippen molar-refractivity contribution in [2.45, 2.75) is 6.92 Å². The van der Waals surface area contributed by atoms with Crippen molar-refractivity contribution >= 4 is 30.0 Å². The van der Waals surface area contributed by atoms with E-state index in [2.05, 4.69) is 10.6 Å². The zero-order valence-corrected chi connectivity index (χ0v) is 13.3. The van der Waals surface area contributed by atoms with Gasteiger partial charge in [-0.15, -0.1) is 12.4 Å². The largest absolute Gasteiger partial charge is 0.461 e. The number of aromatic nitrogens is 1. The maximum absolute atomic E-state index is 11.7. The Morgan fingerprint density at radius 2 is 2.10 bits per heavy atom. The van der Waals surface area contributed by atoms with Crippen molar-refractivity contribution in [3.8, 4) is 0 Å². The first kappa shape index (κ1) is 19.4. The molecule has 0 radical (unpaired) electrons. The van der Waals surface area contributed by atoms with Crippen molar-refractivity contribution in [3.63, 3.8) is 0 Å². The fourth-order valence-corrected chi connectivity index (χ4v) is 1.62. The van der Waals surface area contributed by atoms with Crippen LogP contribution in [0.3, 0.4) is 0 Å². The third-order valence-electron chi connectivity index (χ3n) is 2.54. The lowest BCUT2D eigenvalue weighted by Gasteiger charge is -2.04. The third-order valence-corrected chi connectivity index (χ3v) is 2.54. The molecule has 8 heteroatoms. The van der Waals surface area contributed by atoms with Crippen molar-refractivity contribution in [2.24, 2.45) is 7.05 Å². The molecule has 120 valence electrons. The summed E-state index contributed by atoms with van der Waals surface area (Å²) in [7, 11) is 3.32. The van der Waals surface area contributed by atoms with Gasteiger partial charge in [-0.05, 0) is 13.0 Å². The Balaban J connectivity index is 0.00000400. The Kier molecular flexibility index (Phi) is 9.44. The van der Waals surface area contributed by atoms with Gasteiger partial charge >= 0.3 is 5.97 Å². The first-order valence-electron chi connectivity index (χ1n) is 6.41. The minimum Gasteiger partial charge on any atom is -0.461 e. The van der Waals surface area contributed by atoms with E-state index in [1.165, 1.54) is 0 Å². The van der Waals surface area contributed by atoms with Crippen molar-refractivity contribution in [1.82, 2.24) is 9.88 Å². The molecule has 0 bridgehead atoms. The minimum atomic E-state index is -0.409. The molecule has 21 heavy (non-hydrogen) atoms. The molecule has 0 aliphatic carbocycles. The number of anilines is 1. The minimum absolute atomic E-state index is 0. The first-order chi connectivity index (χ1) is 9.58. The molecule has 0 unspecified atom stereocenters. The maximum atomic E-state index is 11.7. The molecule has 0 saturated heterocycles. The SMILES string of the molecule is CCOC(=O)c1cc(NC(=O)CNCCOC)cn1C.Cl. The Bertz CT molecular complexity index is 462. The maximum Gasteiger partial charge on any atom is 0.355 e. The summed E-state index contributed by atoms with van der Waals surface area (Å²) >= 11 is 0. The van der Waals surface area contributed by atoms with Gasteiger partial charge in [-0.3, -0.25) is 4.79 Å². The van der Waals surface area contributed by atoms with E-state index in [1.54, 1.807) is 37.9 Å². The number of methoxy groups -OCH3 is 1. The lowest BCUT2D eigenvalue weighted by atomic mass is 10.4. The summed E-state index contributed by atoms with van der Waals surface area (Å²) in [6.45, 7) is 3.40. The molecule has 0 spiro atoms. The van der Waals surface area contributed by atoms with E-state index in [-0.39, 0.29) is 24.9 Å². The standard InChI is InChI=1S/C13H21N3O4.ClH/c1-4-20-13(18)11-7-10(9-16(11)2)15-12(17)8-14-5-6-19-3;/h7,9,14H,4-6,8H2,1-3H3,(H,15,17);1H. The predicted octanol–water partition coefficient (Wildman–Crippen LogP) is 0.798. The number of carbonyl (C=O) groups is 2. The molecule has 0 aliphatic rings. The van der Waals surface area contributed by atoms with Crippen LogP contribution in [-0.4, -0.2) is 49.9 Å². The molecule has 1 rings (SSSR count). The van der Waals surface area contributed by atoms with E-state index >= 15 is 0 Å². The van der Waals surface area contributed by atoms with Gasteiger partial charge in [0, 0.05) is 26.9 Å². The molecule has 0 fully saturated rings. The predicted molar refractivity (Wildman–Crippen MR) is 82.0 cm³/mol. The number of nitrogens with one attached hydrogen (secondary N) is 2. The molecule has 7 nitrogen and oxygen atoms in total. The summed E-state index contributed by atoms with van der Waals surface area (Å²) in [4.78, 5) is 23.3. The number of amides is 1. The third kappa shape index (κ3) is 6.61. The highest BCUT2D eigenvalue weighted by molar-refractivity contribution is 5.95. The smallest absolute Gasteiger partial charge is 0.355 e. The van der Waals surface area contributed by atoms with Gasteiger partial charge in [-0.1, -0.05) is 0 Å². The van der Waals surface area contributed by atoms with Gasteiger partial charge in [0.25, 0.3) is 0 Å². The van der Waals surface area contributed by atoms with Crippen molar-refractivity contribution in [2.75, 3.05) is 38.7 Å². The highest BCUT2D eigenvalue weighted by atomic mass is 35.5. The van der Waals surface area contributed by atoms with E-state index in [4.69, 9.17) is 9.47 Å². The molecule has 0 aromatic carbocycles. The Morgan fingerprint density at radius 3 is 2.71 bits per heavy atom. The Morgan fingerprint density at radius 1 is 1.38 bits per heavy atom. The number of hydrogen-bond donors (Lipinski definition) is 2. The normalized spacial score (nSPS) is 9.86. The summed E-state index contributed by atoms with van der Waals surface area (Å²) in [5, 5.41) is 5.64. The average molecular weight is 320 g/mol. The van der Waals surface area contributed by atoms with Crippen LogP contribution in [0.5, 0.6) is 0 Å². The summed E-state index contributed by atoms with van der Waals surface area (Å²) in [5.74, 6) is -0.587. The van der Waals surface area contributed by atoms with Crippen LogP contribution in [0.4, 0.5) is 5.69 Å². The highest BCUT2D eigenvalue weighted by Gasteiger charge is 2.13. The van der Waals surface area contributed by atoms with Gasteiger partial charge < -0.3 is 24.7 Å². The van der Waals surface area contributed by atoms with E-state index in [1.807, 2.05) is 0 Å². The molecule has 1 aromatic rings. The average Bonchev–Trinajstić information content (AvgIpc) is 2.76. The zero-order chi connectivity index (χ0) is 15.0. The number of ether oxygens (including phenoxy) is 2. The van der Waals surface area contributed by atoms with Gasteiger partial charge in [0.1, 0.15) is 5.69 Å². The number of esters is 1. The molecule has 1 heterocycles. The number of nitrogens with zero attached hydrogens (tertiary/aromatic N) is 1. The van der Waals surface area contributed by atoms with Crippen molar-refractivity contribution < 1.29 is 19.1 Å². The van der Waals surface area contributed by atoms with Crippen molar-refractivity contribution in [1.29, 1.82) is 0 Å². The van der Waals surface area contributed by atoms with Crippen LogP contribution in [0.25, 0.3) is 0 Å². The number of carbonyl (C=O) groups excluding carboxylic acids is 2. The molecule has 1 amide bonds. The second kappa shape index (κ2) is 10.2. The van der Waals surface area contributed by atoms with E-state index in [0.29, 0.717) is 31.1 Å². The van der Waals surface area contributed by atoms with Crippen LogP contribution < -0.4 is 10.6 Å². The molecule has 1 aromatic heterocycles. The Labute approximate surface area is 130 Å². The molecule has 0 atom stereocenters. The number of aryl methyl sites for hydroxylation is 1. The van der Waals surface area contributed by atoms with Gasteiger partial charge in [0.05, 0.1) is 25.4 Å². The van der Waals surface area contributed by atoms with E-state index < -0.39 is 5.97 Å². The number of hydrogen-bond acceptors (Lipinski definition) is 5. The highest BCUT2D eigenvalue weighted by Crippen LogP contribution is 2.13. The molecule has 0 saturated carbocycles. The zero-order valence-electron chi connectivity index (χ0n) is 12.5. The van der Waals surface area contributed by atoms with Crippen LogP contribution in [0.15, 0.2) is 12.3 Å². The Hall–Kier alpha value is -1.57. The van der Waals surface area contributed by atoms with Gasteiger partial charge in [-0.2, -0.15) is 0 Å². The molecule has 0 aliphatic heterocycles. The summed E-state index contributed by atoms with van der Waals surface area (Å²) < 4.78 is 11.4. The summed E-state index contributed by atoms with van der Waals surface area (Å²) in [6.07, 6.45) is 1.67. The van der Waals surface area contributed by atoms with Crippen LogP contribution in [0.2, 0.25) is 0 Å². The second-order valence-corrected chi connectivity index (χ2v) is 4.16. The summed E-state index contributed by atoms with van der Waals surface area (Å²) in [6, 6.07) is 1.59. The summed E-state index contributed by atoms with van der Waals surface area (Å²) in [5.41, 5.74) is 0.962. The molecular formula is C13H22ClN3O4. The quantitative estimate of drug-likeness (QED) is 0.547. The van der Waals surface area contributed by atoms with E-state index in [0.717, 1.165) is 0 Å². The van der Waals surface area contributed by atoms with Gasteiger partial charge in [-0.25, -0.2) is 4.79 Å². The topological polar surface area (TPSA) is 81.6 Å². The molecular weight excluding hydrogens is 298 g/mol. The van der Waals surface area contributed by atoms with Gasteiger partial charge in [0.15, 0.2) is 0 Å². The fourth-order valence-electron chi connectivity index (χ4n) is 1.62. The van der Waals surface area contributed by atoms with Crippen molar-refractivity contribution in [3.05, 3.63) is 18.0 Å². The van der Waals surface area contributed by atoms with Gasteiger partial charge in [0.2, 0.25) is 5.91 Å². The lowest BCUT2D eigenvalue weighted by molar-refractivity contribution is -0.115. The second-order valence-electron chi connectivity index (χ2n) is 4.16. The van der Waals surface area contributed by atoms with Crippen LogP contribution in [0, 0.1) is 0 Å². The van der Waals surface area contributed by atoms with Crippen LogP contribution >= 0.6 is 12.4 Å². The lowest BCUT2D eigenvalue weighted by Crippen LogP contribution is -2.30. The fraction of sp³-hybridized carbons (Fsp3) is 0.538. The van der Waals surface area contributed by atoms with E-state index in [9.17, 15) is 9.59 Å². The number of halogens is 1. The first-order valence-corrected chi connectivity index (χ1v) is 6.41. The van der Waals surface area contributed by atoms with Crippen LogP contribution in [-0.2, 0) is 21.3 Å². The number of rotatable bonds is 8. The monoisotopic (exact) mass is 319 g/mol. The molecule has 2 N–H and O–H groups in total.